The van der Waals surface area contributed by atoms with Crippen LogP contribution in [0, 0.1) is 5.21 Å². The van der Waals surface area contributed by atoms with Crippen LogP contribution in [0.5, 0.6) is 11.5 Å². The molecular formula is C33H37NO7. The molecule has 216 valence electrons. The molecule has 0 spiro atoms. The van der Waals surface area contributed by atoms with E-state index in [1.54, 1.807) is 26.4 Å². The van der Waals surface area contributed by atoms with E-state index in [1.165, 1.54) is 13.1 Å². The van der Waals surface area contributed by atoms with Crippen molar-refractivity contribution in [2.24, 2.45) is 0 Å². The van der Waals surface area contributed by atoms with Crippen molar-refractivity contribution in [2.45, 2.75) is 68.9 Å². The van der Waals surface area contributed by atoms with Crippen LogP contribution in [-0.2, 0) is 29.9 Å². The maximum Gasteiger partial charge on any atom is 0.303 e. The molecule has 1 fully saturated rings. The van der Waals surface area contributed by atoms with E-state index >= 15 is 0 Å². The minimum absolute atomic E-state index is 0.346. The first-order chi connectivity index (χ1) is 19.9. The fourth-order valence-electron chi connectivity index (χ4n) is 6.61. The lowest BCUT2D eigenvalue weighted by molar-refractivity contribution is -0.774. The largest absolute Gasteiger partial charge is 0.493 e. The Labute approximate surface area is 241 Å². The molecule has 1 saturated carbocycles. The zero-order valence-electron chi connectivity index (χ0n) is 23.9. The lowest BCUT2D eigenvalue weighted by Crippen LogP contribution is -2.58. The summed E-state index contributed by atoms with van der Waals surface area (Å²) >= 11 is 0. The molecular weight excluding hydrogens is 522 g/mol. The molecule has 3 aromatic rings. The standard InChI is InChI=1S/C33H37NO7/c1-5-32(26-18-19-27(37-3)28(21-26)38-4)22-34(36)41-31(30(32)39-23(2)35)40-29-17-12-20-33(29,24-13-8-6-9-14-24)25-15-10-7-11-16-25/h6-11,13-16,18-19,21-22,29-31H,5,12,17,20H2,1-4H3/t29-,30+,31+,32-/m1/s1. The smallest absolute Gasteiger partial charge is 0.303 e. The Hall–Kier alpha value is -4.04. The number of carbonyl (C=O) groups excluding carboxylic acids is 1. The van der Waals surface area contributed by atoms with Gasteiger partial charge in [-0.05, 0) is 54.5 Å². The zero-order valence-corrected chi connectivity index (χ0v) is 23.9. The van der Waals surface area contributed by atoms with Gasteiger partial charge >= 0.3 is 5.97 Å². The predicted octanol–water partition coefficient (Wildman–Crippen LogP) is 5.69. The van der Waals surface area contributed by atoms with Crippen molar-refractivity contribution in [3.05, 3.63) is 101 Å². The maximum absolute atomic E-state index is 13.2. The molecule has 0 amide bonds. The molecule has 41 heavy (non-hydrogen) atoms. The number of hydrogen-bond donors (Lipinski definition) is 0. The Balaban J connectivity index is 1.60. The van der Waals surface area contributed by atoms with Gasteiger partial charge in [-0.25, -0.2) is 0 Å². The summed E-state index contributed by atoms with van der Waals surface area (Å²) in [7, 11) is 3.11. The minimum atomic E-state index is -1.16. The van der Waals surface area contributed by atoms with E-state index in [2.05, 4.69) is 24.3 Å². The monoisotopic (exact) mass is 559 g/mol. The van der Waals surface area contributed by atoms with Gasteiger partial charge in [0.15, 0.2) is 17.6 Å². The second kappa shape index (κ2) is 11.8. The van der Waals surface area contributed by atoms with Gasteiger partial charge in [0, 0.05) is 17.2 Å². The van der Waals surface area contributed by atoms with Crippen LogP contribution in [0.25, 0.3) is 0 Å². The van der Waals surface area contributed by atoms with E-state index in [0.717, 1.165) is 30.4 Å². The van der Waals surface area contributed by atoms with Crippen LogP contribution in [0.3, 0.4) is 0 Å². The quantitative estimate of drug-likeness (QED) is 0.246. The third kappa shape index (κ3) is 5.12. The predicted molar refractivity (Wildman–Crippen MR) is 154 cm³/mol. The number of methoxy groups -OCH3 is 2. The highest BCUT2D eigenvalue weighted by Crippen LogP contribution is 2.50. The molecule has 0 bridgehead atoms. The normalized spacial score (nSPS) is 25.1. The summed E-state index contributed by atoms with van der Waals surface area (Å²) in [6.45, 7) is 3.29. The van der Waals surface area contributed by atoms with Gasteiger partial charge in [0.1, 0.15) is 5.41 Å². The molecule has 0 radical (unpaired) electrons. The molecule has 1 aliphatic carbocycles. The average Bonchev–Trinajstić information content (AvgIpc) is 3.43. The molecule has 3 aromatic carbocycles. The molecule has 5 rings (SSSR count). The van der Waals surface area contributed by atoms with Gasteiger partial charge in [0.25, 0.3) is 0 Å². The highest BCUT2D eigenvalue weighted by atomic mass is 16.9. The van der Waals surface area contributed by atoms with Crippen molar-refractivity contribution in [1.82, 2.24) is 0 Å². The molecule has 4 atom stereocenters. The summed E-state index contributed by atoms with van der Waals surface area (Å²) in [5.74, 6) is 0.547. The Bertz CT molecular complexity index is 1340. The fraction of sp³-hybridized carbons (Fsp3) is 0.394. The van der Waals surface area contributed by atoms with E-state index < -0.39 is 29.2 Å². The third-order valence-electron chi connectivity index (χ3n) is 8.56. The molecule has 2 aliphatic rings. The number of carbonyl (C=O) groups is 1. The first-order valence-electron chi connectivity index (χ1n) is 14.0. The number of nitrogens with zero attached hydrogens (tertiary/aromatic N) is 1. The number of benzene rings is 3. The van der Waals surface area contributed by atoms with E-state index in [0.29, 0.717) is 28.4 Å². The van der Waals surface area contributed by atoms with Gasteiger partial charge < -0.3 is 23.8 Å². The van der Waals surface area contributed by atoms with Gasteiger partial charge in [-0.15, -0.1) is 0 Å². The topological polar surface area (TPSA) is 89.3 Å². The molecule has 0 saturated heterocycles. The molecule has 0 unspecified atom stereocenters. The fourth-order valence-corrected chi connectivity index (χ4v) is 6.61. The van der Waals surface area contributed by atoms with Crippen molar-refractivity contribution >= 4 is 12.2 Å². The van der Waals surface area contributed by atoms with Crippen molar-refractivity contribution < 1.29 is 33.5 Å². The van der Waals surface area contributed by atoms with Crippen LogP contribution >= 0.6 is 0 Å². The molecule has 8 heteroatoms. The minimum Gasteiger partial charge on any atom is -0.493 e. The summed E-state index contributed by atoms with van der Waals surface area (Å²) < 4.78 is 23.8. The zero-order chi connectivity index (χ0) is 29.0. The van der Waals surface area contributed by atoms with Gasteiger partial charge in [-0.3, -0.25) is 10.0 Å². The Morgan fingerprint density at radius 3 is 2.15 bits per heavy atom. The maximum atomic E-state index is 13.2. The Morgan fingerprint density at radius 1 is 0.951 bits per heavy atom. The van der Waals surface area contributed by atoms with E-state index in [1.807, 2.05) is 49.4 Å². The van der Waals surface area contributed by atoms with Crippen LogP contribution in [0.4, 0.5) is 0 Å². The van der Waals surface area contributed by atoms with Gasteiger partial charge in [-0.2, -0.15) is 0 Å². The number of rotatable bonds is 9. The van der Waals surface area contributed by atoms with Crippen molar-refractivity contribution in [2.75, 3.05) is 14.2 Å². The van der Waals surface area contributed by atoms with Crippen LogP contribution in [0.1, 0.15) is 56.2 Å². The van der Waals surface area contributed by atoms with Gasteiger partial charge in [-0.1, -0.05) is 73.7 Å². The first kappa shape index (κ1) is 28.5. The van der Waals surface area contributed by atoms with Crippen LogP contribution in [0.15, 0.2) is 78.9 Å². The lowest BCUT2D eigenvalue weighted by Gasteiger charge is -2.45. The van der Waals surface area contributed by atoms with Crippen molar-refractivity contribution in [1.29, 1.82) is 0 Å². The third-order valence-corrected chi connectivity index (χ3v) is 8.56. The van der Waals surface area contributed by atoms with Crippen LogP contribution < -0.4 is 9.47 Å². The SMILES string of the molecule is CC[C@]1(c2ccc(OC)c(OC)c2)C=[N+]([O-])O[C@H](O[C@@H]2CCCC2(c2ccccc2)c2ccccc2)[C@@H]1OC(C)=O. The van der Waals surface area contributed by atoms with Gasteiger partial charge in [0.2, 0.25) is 12.5 Å². The highest BCUT2D eigenvalue weighted by molar-refractivity contribution is 5.74. The van der Waals surface area contributed by atoms with E-state index in [-0.39, 0.29) is 6.10 Å². The van der Waals surface area contributed by atoms with Crippen LogP contribution in [0.2, 0.25) is 0 Å². The average molecular weight is 560 g/mol. The molecule has 8 nitrogen and oxygen atoms in total. The van der Waals surface area contributed by atoms with E-state index in [9.17, 15) is 10.0 Å². The number of ether oxygens (including phenoxy) is 4. The highest BCUT2D eigenvalue weighted by Gasteiger charge is 2.55. The molecule has 0 N–H and O–H groups in total. The molecule has 1 aliphatic heterocycles. The summed E-state index contributed by atoms with van der Waals surface area (Å²) in [5, 5.41) is 13.2. The second-order valence-corrected chi connectivity index (χ2v) is 10.6. The number of hydrogen-bond acceptors (Lipinski definition) is 7. The van der Waals surface area contributed by atoms with Gasteiger partial charge in [0.05, 0.1) is 20.3 Å². The second-order valence-electron chi connectivity index (χ2n) is 10.6. The summed E-state index contributed by atoms with van der Waals surface area (Å²) in [6, 6.07) is 26.0. The molecule has 1 heterocycles. The number of esters is 1. The Morgan fingerprint density at radius 2 is 1.59 bits per heavy atom. The molecule has 0 aromatic heterocycles. The first-order valence-corrected chi connectivity index (χ1v) is 14.0. The van der Waals surface area contributed by atoms with Crippen molar-refractivity contribution in [3.8, 4) is 11.5 Å². The van der Waals surface area contributed by atoms with Crippen LogP contribution in [-0.4, -0.2) is 49.8 Å². The summed E-state index contributed by atoms with van der Waals surface area (Å²) in [5.41, 5.74) is 1.43. The Kier molecular flexibility index (Phi) is 8.22. The summed E-state index contributed by atoms with van der Waals surface area (Å²) in [6.07, 6.45) is 1.91. The van der Waals surface area contributed by atoms with E-state index in [4.69, 9.17) is 23.8 Å². The van der Waals surface area contributed by atoms with Crippen molar-refractivity contribution in [3.63, 3.8) is 0 Å². The lowest BCUT2D eigenvalue weighted by atomic mass is 9.71. The summed E-state index contributed by atoms with van der Waals surface area (Å²) in [4.78, 5) is 18.7.